The van der Waals surface area contributed by atoms with Crippen LogP contribution in [0.25, 0.3) is 0 Å². The summed E-state index contributed by atoms with van der Waals surface area (Å²) in [6, 6.07) is 0. The average Bonchev–Trinajstić information content (AvgIpc) is 2.56. The van der Waals surface area contributed by atoms with Crippen LogP contribution in [-0.2, 0) is 19.1 Å². The fourth-order valence-corrected chi connectivity index (χ4v) is 2.35. The van der Waals surface area contributed by atoms with E-state index in [1.807, 2.05) is 27.7 Å². The third kappa shape index (κ3) is 16.2. The van der Waals surface area contributed by atoms with Crippen molar-refractivity contribution in [3.8, 4) is 23.7 Å². The molecule has 4 nitrogen and oxygen atoms in total. The number of carbonyl (C=O) groups excluding carboxylic acids is 2. The highest BCUT2D eigenvalue weighted by molar-refractivity contribution is 5.73. The summed E-state index contributed by atoms with van der Waals surface area (Å²) in [6.45, 7) is 19.3. The van der Waals surface area contributed by atoms with E-state index in [1.54, 1.807) is 13.8 Å². The summed E-state index contributed by atoms with van der Waals surface area (Å²) in [7, 11) is 0. The molecule has 29 heavy (non-hydrogen) atoms. The lowest BCUT2D eigenvalue weighted by Gasteiger charge is -2.15. The van der Waals surface area contributed by atoms with Gasteiger partial charge in [0.15, 0.2) is 12.2 Å². The molecule has 0 aromatic rings. The summed E-state index contributed by atoms with van der Waals surface area (Å²) in [5.41, 5.74) is 1.45. The van der Waals surface area contributed by atoms with Crippen molar-refractivity contribution < 1.29 is 19.1 Å². The van der Waals surface area contributed by atoms with Crippen molar-refractivity contribution in [2.75, 3.05) is 0 Å². The highest BCUT2D eigenvalue weighted by atomic mass is 16.5. The van der Waals surface area contributed by atoms with Gasteiger partial charge in [0, 0.05) is 12.8 Å². The Labute approximate surface area is 177 Å². The topological polar surface area (TPSA) is 52.6 Å². The summed E-state index contributed by atoms with van der Waals surface area (Å²) in [5.74, 6) is 11.6. The lowest BCUT2D eigenvalue weighted by Crippen LogP contribution is -2.20. The molecule has 4 heteroatoms. The molecule has 160 valence electrons. The van der Waals surface area contributed by atoms with E-state index in [2.05, 4.69) is 36.8 Å². The van der Waals surface area contributed by atoms with E-state index in [9.17, 15) is 9.59 Å². The molecule has 2 unspecified atom stereocenters. The minimum absolute atomic E-state index is 0.144. The predicted octanol–water partition coefficient (Wildman–Crippen LogP) is 5.23. The maximum atomic E-state index is 12.1. The average molecular weight is 401 g/mol. The van der Waals surface area contributed by atoms with E-state index < -0.39 is 12.2 Å². The Balaban J connectivity index is 4.56. The smallest absolute Gasteiger partial charge is 0.307 e. The van der Waals surface area contributed by atoms with Gasteiger partial charge in [-0.25, -0.2) is 0 Å². The third-order valence-corrected chi connectivity index (χ3v) is 3.57. The Kier molecular flexibility index (Phi) is 13.3. The predicted molar refractivity (Wildman–Crippen MR) is 118 cm³/mol. The summed E-state index contributed by atoms with van der Waals surface area (Å²) in [5, 5.41) is 0. The zero-order valence-electron chi connectivity index (χ0n) is 18.9. The van der Waals surface area contributed by atoms with Crippen molar-refractivity contribution in [3.05, 3.63) is 24.3 Å². The van der Waals surface area contributed by atoms with Gasteiger partial charge >= 0.3 is 11.9 Å². The van der Waals surface area contributed by atoms with Crippen molar-refractivity contribution in [1.82, 2.24) is 0 Å². The summed E-state index contributed by atoms with van der Waals surface area (Å²) < 4.78 is 10.9. The van der Waals surface area contributed by atoms with E-state index in [0.717, 1.165) is 11.1 Å². The Hall–Kier alpha value is -2.46. The maximum Gasteiger partial charge on any atom is 0.307 e. The Morgan fingerprint density at radius 1 is 0.759 bits per heavy atom. The molecule has 0 aliphatic heterocycles. The summed E-state index contributed by atoms with van der Waals surface area (Å²) >= 11 is 0. The van der Waals surface area contributed by atoms with E-state index in [1.165, 1.54) is 0 Å². The van der Waals surface area contributed by atoms with Crippen LogP contribution in [0.15, 0.2) is 24.3 Å². The second kappa shape index (κ2) is 14.5. The summed E-state index contributed by atoms with van der Waals surface area (Å²) in [6.07, 6.45) is 1.05. The van der Waals surface area contributed by atoms with Crippen LogP contribution >= 0.6 is 0 Å². The first-order valence-corrected chi connectivity index (χ1v) is 10.2. The first-order valence-electron chi connectivity index (χ1n) is 10.2. The Bertz CT molecular complexity index is 632. The van der Waals surface area contributed by atoms with E-state index in [-0.39, 0.29) is 24.8 Å². The van der Waals surface area contributed by atoms with Crippen molar-refractivity contribution in [3.63, 3.8) is 0 Å². The van der Waals surface area contributed by atoms with Gasteiger partial charge in [0.25, 0.3) is 0 Å². The SMILES string of the molecule is C=C(C)C#CC(CC(C)C)OC(=O)CCCC(=O)OC(C#CC(=C)C)CC(C)C. The summed E-state index contributed by atoms with van der Waals surface area (Å²) in [4.78, 5) is 24.2. The van der Waals surface area contributed by atoms with Crippen molar-refractivity contribution in [1.29, 1.82) is 0 Å². The second-order valence-corrected chi connectivity index (χ2v) is 8.17. The van der Waals surface area contributed by atoms with Gasteiger partial charge in [-0.1, -0.05) is 64.5 Å². The zero-order chi connectivity index (χ0) is 22.4. The molecule has 0 amide bonds. The Morgan fingerprint density at radius 3 is 1.38 bits per heavy atom. The molecule has 0 aromatic heterocycles. The number of allylic oxidation sites excluding steroid dienone is 2. The van der Waals surface area contributed by atoms with Crippen LogP contribution in [0.1, 0.15) is 73.6 Å². The molecule has 2 atom stereocenters. The van der Waals surface area contributed by atoms with Crippen LogP contribution in [0.2, 0.25) is 0 Å². The largest absolute Gasteiger partial charge is 0.449 e. The number of esters is 2. The van der Waals surface area contributed by atoms with Gasteiger partial charge in [-0.15, -0.1) is 0 Å². The molecular formula is C25H36O4. The molecular weight excluding hydrogens is 364 g/mol. The van der Waals surface area contributed by atoms with Gasteiger partial charge in [0.2, 0.25) is 0 Å². The molecule has 0 rings (SSSR count). The van der Waals surface area contributed by atoms with E-state index in [4.69, 9.17) is 9.47 Å². The molecule has 0 bridgehead atoms. The molecule has 0 heterocycles. The van der Waals surface area contributed by atoms with Gasteiger partial charge in [-0.2, -0.15) is 0 Å². The molecule has 0 aliphatic rings. The lowest BCUT2D eigenvalue weighted by atomic mass is 10.1. The van der Waals surface area contributed by atoms with Gasteiger partial charge in [0.05, 0.1) is 0 Å². The maximum absolute atomic E-state index is 12.1. The van der Waals surface area contributed by atoms with E-state index in [0.29, 0.717) is 31.1 Å². The second-order valence-electron chi connectivity index (χ2n) is 8.17. The first kappa shape index (κ1) is 26.5. The van der Waals surface area contributed by atoms with Crippen molar-refractivity contribution in [2.45, 2.75) is 85.9 Å². The number of ether oxygens (including phenoxy) is 2. The molecule has 0 saturated heterocycles. The van der Waals surface area contributed by atoms with Crippen LogP contribution < -0.4 is 0 Å². The number of carbonyl (C=O) groups is 2. The van der Waals surface area contributed by atoms with Crippen LogP contribution in [0.5, 0.6) is 0 Å². The monoisotopic (exact) mass is 400 g/mol. The minimum Gasteiger partial charge on any atom is -0.449 e. The van der Waals surface area contributed by atoms with Gasteiger partial charge < -0.3 is 9.47 Å². The lowest BCUT2D eigenvalue weighted by molar-refractivity contribution is -0.148. The number of hydrogen-bond donors (Lipinski definition) is 0. The number of hydrogen-bond acceptors (Lipinski definition) is 4. The first-order chi connectivity index (χ1) is 13.5. The van der Waals surface area contributed by atoms with E-state index >= 15 is 0 Å². The third-order valence-electron chi connectivity index (χ3n) is 3.57. The molecule has 0 spiro atoms. The van der Waals surface area contributed by atoms with Gasteiger partial charge in [-0.3, -0.25) is 9.59 Å². The highest BCUT2D eigenvalue weighted by Gasteiger charge is 2.16. The minimum atomic E-state index is -0.459. The Morgan fingerprint density at radius 2 is 1.10 bits per heavy atom. The quantitative estimate of drug-likeness (QED) is 0.372. The molecule has 0 N–H and O–H groups in total. The van der Waals surface area contributed by atoms with Gasteiger partial charge in [-0.05, 0) is 56.1 Å². The van der Waals surface area contributed by atoms with Crippen LogP contribution in [0.3, 0.4) is 0 Å². The highest BCUT2D eigenvalue weighted by Crippen LogP contribution is 2.12. The van der Waals surface area contributed by atoms with Crippen LogP contribution in [0.4, 0.5) is 0 Å². The molecule has 0 radical (unpaired) electrons. The fraction of sp³-hybridized carbons (Fsp3) is 0.600. The fourth-order valence-electron chi connectivity index (χ4n) is 2.35. The molecule has 0 aromatic carbocycles. The molecule has 0 aliphatic carbocycles. The van der Waals surface area contributed by atoms with Crippen molar-refractivity contribution in [2.24, 2.45) is 11.8 Å². The normalized spacial score (nSPS) is 12.1. The van der Waals surface area contributed by atoms with Crippen LogP contribution in [0, 0.1) is 35.5 Å². The van der Waals surface area contributed by atoms with Crippen LogP contribution in [-0.4, -0.2) is 24.1 Å². The zero-order valence-corrected chi connectivity index (χ0v) is 18.9. The van der Waals surface area contributed by atoms with Gasteiger partial charge in [0.1, 0.15) is 0 Å². The number of rotatable bonds is 10. The van der Waals surface area contributed by atoms with Crippen molar-refractivity contribution >= 4 is 11.9 Å². The standard InChI is InChI=1S/C25H36O4/c1-18(2)12-14-22(16-20(5)6)28-24(26)10-9-11-25(27)29-23(17-21(7)8)15-13-19(3)4/h20-23H,1,3,9-11,16-17H2,2,4-8H3. The molecule has 0 saturated carbocycles. The molecule has 0 fully saturated rings.